The summed E-state index contributed by atoms with van der Waals surface area (Å²) in [6.45, 7) is 3.81. The number of amides is 1. The van der Waals surface area contributed by atoms with Crippen LogP contribution >= 0.6 is 0 Å². The number of carbonyl (C=O) groups is 1. The minimum absolute atomic E-state index is 0.240. The largest absolute Gasteiger partial charge is 0.322 e. The highest BCUT2D eigenvalue weighted by Crippen LogP contribution is 2.24. The summed E-state index contributed by atoms with van der Waals surface area (Å²) in [4.78, 5) is 12.1. The molecule has 2 rings (SSSR count). The Labute approximate surface area is 128 Å². The molecule has 3 atom stereocenters. The molecule has 0 aliphatic heterocycles. The topological polar surface area (TPSA) is 41.1 Å². The van der Waals surface area contributed by atoms with Gasteiger partial charge >= 0.3 is 0 Å². The number of hydrogen-bond acceptors (Lipinski definition) is 2. The third-order valence-corrected chi connectivity index (χ3v) is 4.26. The molecule has 6 heteroatoms. The first-order chi connectivity index (χ1) is 10.4. The van der Waals surface area contributed by atoms with Crippen LogP contribution in [0.2, 0.25) is 0 Å². The van der Waals surface area contributed by atoms with E-state index in [1.165, 1.54) is 6.42 Å². The molecular weight excluding hydrogens is 293 g/mol. The number of rotatable bonds is 4. The molecule has 0 aromatic heterocycles. The van der Waals surface area contributed by atoms with Gasteiger partial charge in [0.25, 0.3) is 0 Å². The molecule has 22 heavy (non-hydrogen) atoms. The second-order valence-corrected chi connectivity index (χ2v) is 5.97. The molecule has 1 aromatic rings. The van der Waals surface area contributed by atoms with Crippen molar-refractivity contribution in [3.63, 3.8) is 0 Å². The average Bonchev–Trinajstić information content (AvgIpc) is 2.50. The van der Waals surface area contributed by atoms with Gasteiger partial charge in [-0.1, -0.05) is 19.8 Å². The van der Waals surface area contributed by atoms with Crippen LogP contribution in [0.3, 0.4) is 0 Å². The van der Waals surface area contributed by atoms with Gasteiger partial charge in [-0.2, -0.15) is 0 Å². The Kier molecular flexibility index (Phi) is 5.45. The summed E-state index contributed by atoms with van der Waals surface area (Å²) in [5.74, 6) is -4.24. The van der Waals surface area contributed by atoms with Gasteiger partial charge in [0.05, 0.1) is 11.7 Å². The van der Waals surface area contributed by atoms with E-state index in [-0.39, 0.29) is 11.7 Å². The molecule has 0 radical (unpaired) electrons. The van der Waals surface area contributed by atoms with Crippen LogP contribution in [0.1, 0.15) is 39.5 Å². The molecule has 0 saturated heterocycles. The maximum atomic E-state index is 13.6. The Bertz CT molecular complexity index is 550. The van der Waals surface area contributed by atoms with Crippen molar-refractivity contribution < 1.29 is 18.0 Å². The van der Waals surface area contributed by atoms with E-state index in [9.17, 15) is 18.0 Å². The standard InChI is InChI=1S/C16H21F3N2O/c1-9-5-3-4-6-12(9)20-10(2)16(22)21-13-8-7-11(17)14(18)15(13)19/h7-10,12,20H,3-6H2,1-2H3,(H,21,22)/t9-,10-,12+/m0/s1. The second-order valence-electron chi connectivity index (χ2n) is 5.97. The van der Waals surface area contributed by atoms with Crippen LogP contribution in [0.25, 0.3) is 0 Å². The normalized spacial score (nSPS) is 23.1. The fraction of sp³-hybridized carbons (Fsp3) is 0.562. The summed E-state index contributed by atoms with van der Waals surface area (Å²) < 4.78 is 39.6. The van der Waals surface area contributed by atoms with E-state index in [0.717, 1.165) is 31.4 Å². The Morgan fingerprint density at radius 1 is 1.18 bits per heavy atom. The molecule has 0 heterocycles. The Hall–Kier alpha value is -1.56. The zero-order valence-corrected chi connectivity index (χ0v) is 12.8. The monoisotopic (exact) mass is 314 g/mol. The highest BCUT2D eigenvalue weighted by Gasteiger charge is 2.25. The molecule has 0 unspecified atom stereocenters. The van der Waals surface area contributed by atoms with E-state index in [1.54, 1.807) is 6.92 Å². The number of anilines is 1. The number of hydrogen-bond donors (Lipinski definition) is 2. The highest BCUT2D eigenvalue weighted by molar-refractivity contribution is 5.94. The highest BCUT2D eigenvalue weighted by atomic mass is 19.2. The number of benzene rings is 1. The third-order valence-electron chi connectivity index (χ3n) is 4.26. The Morgan fingerprint density at radius 3 is 2.55 bits per heavy atom. The van der Waals surface area contributed by atoms with Crippen molar-refractivity contribution in [1.29, 1.82) is 0 Å². The quantitative estimate of drug-likeness (QED) is 0.834. The van der Waals surface area contributed by atoms with Crippen LogP contribution in [-0.2, 0) is 4.79 Å². The van der Waals surface area contributed by atoms with Gasteiger partial charge in [-0.25, -0.2) is 13.2 Å². The minimum atomic E-state index is -1.58. The molecule has 1 fully saturated rings. The zero-order chi connectivity index (χ0) is 16.3. The molecule has 122 valence electrons. The molecule has 2 N–H and O–H groups in total. The summed E-state index contributed by atoms with van der Waals surface area (Å²) in [6.07, 6.45) is 4.43. The van der Waals surface area contributed by atoms with Crippen molar-refractivity contribution in [3.8, 4) is 0 Å². The maximum absolute atomic E-state index is 13.6. The minimum Gasteiger partial charge on any atom is -0.322 e. The lowest BCUT2D eigenvalue weighted by molar-refractivity contribution is -0.118. The van der Waals surface area contributed by atoms with E-state index in [0.29, 0.717) is 5.92 Å². The van der Waals surface area contributed by atoms with Crippen LogP contribution in [0.5, 0.6) is 0 Å². The zero-order valence-electron chi connectivity index (χ0n) is 12.8. The number of carbonyl (C=O) groups excluding carboxylic acids is 1. The predicted molar refractivity (Wildman–Crippen MR) is 79.0 cm³/mol. The Balaban J connectivity index is 1.98. The first kappa shape index (κ1) is 16.8. The lowest BCUT2D eigenvalue weighted by Gasteiger charge is -2.31. The second kappa shape index (κ2) is 7.13. The molecule has 3 nitrogen and oxygen atoms in total. The summed E-state index contributed by atoms with van der Waals surface area (Å²) in [5, 5.41) is 5.53. The summed E-state index contributed by atoms with van der Waals surface area (Å²) in [7, 11) is 0. The van der Waals surface area contributed by atoms with Crippen molar-refractivity contribution in [1.82, 2.24) is 5.32 Å². The molecule has 1 aliphatic carbocycles. The molecule has 1 aliphatic rings. The van der Waals surface area contributed by atoms with Gasteiger partial charge in [0.1, 0.15) is 0 Å². The van der Waals surface area contributed by atoms with Gasteiger partial charge in [0.2, 0.25) is 5.91 Å². The third kappa shape index (κ3) is 3.80. The van der Waals surface area contributed by atoms with Crippen molar-refractivity contribution in [2.75, 3.05) is 5.32 Å². The maximum Gasteiger partial charge on any atom is 0.241 e. The smallest absolute Gasteiger partial charge is 0.241 e. The van der Waals surface area contributed by atoms with Crippen molar-refractivity contribution in [2.24, 2.45) is 5.92 Å². The number of nitrogens with one attached hydrogen (secondary N) is 2. The fourth-order valence-electron chi connectivity index (χ4n) is 2.82. The molecule has 0 bridgehead atoms. The first-order valence-electron chi connectivity index (χ1n) is 7.60. The van der Waals surface area contributed by atoms with Gasteiger partial charge in [0.15, 0.2) is 17.5 Å². The van der Waals surface area contributed by atoms with Gasteiger partial charge in [-0.3, -0.25) is 4.79 Å². The fourth-order valence-corrected chi connectivity index (χ4v) is 2.82. The van der Waals surface area contributed by atoms with Crippen LogP contribution in [0.15, 0.2) is 12.1 Å². The summed E-state index contributed by atoms with van der Waals surface area (Å²) >= 11 is 0. The Morgan fingerprint density at radius 2 is 1.86 bits per heavy atom. The van der Waals surface area contributed by atoms with Gasteiger partial charge < -0.3 is 10.6 Å². The average molecular weight is 314 g/mol. The van der Waals surface area contributed by atoms with E-state index in [2.05, 4.69) is 17.6 Å². The van der Waals surface area contributed by atoms with Gasteiger partial charge in [-0.15, -0.1) is 0 Å². The summed E-state index contributed by atoms with van der Waals surface area (Å²) in [6, 6.07) is 1.50. The van der Waals surface area contributed by atoms with E-state index in [1.807, 2.05) is 0 Å². The lowest BCUT2D eigenvalue weighted by atomic mass is 9.85. The van der Waals surface area contributed by atoms with Crippen LogP contribution < -0.4 is 10.6 Å². The van der Waals surface area contributed by atoms with E-state index >= 15 is 0 Å². The van der Waals surface area contributed by atoms with E-state index in [4.69, 9.17) is 0 Å². The molecule has 0 spiro atoms. The van der Waals surface area contributed by atoms with Crippen LogP contribution in [0, 0.1) is 23.4 Å². The molecular formula is C16H21F3N2O. The predicted octanol–water partition coefficient (Wildman–Crippen LogP) is 3.60. The van der Waals surface area contributed by atoms with Crippen LogP contribution in [-0.4, -0.2) is 18.0 Å². The van der Waals surface area contributed by atoms with Crippen LogP contribution in [0.4, 0.5) is 18.9 Å². The first-order valence-corrected chi connectivity index (χ1v) is 7.60. The molecule has 1 saturated carbocycles. The van der Waals surface area contributed by atoms with Crippen molar-refractivity contribution >= 4 is 11.6 Å². The van der Waals surface area contributed by atoms with Crippen molar-refractivity contribution in [2.45, 2.75) is 51.6 Å². The molecule has 1 aromatic carbocycles. The SMILES string of the molecule is C[C@H](N[C@@H]1CCCC[C@@H]1C)C(=O)Nc1ccc(F)c(F)c1F. The van der Waals surface area contributed by atoms with E-state index < -0.39 is 29.4 Å². The summed E-state index contributed by atoms with van der Waals surface area (Å²) in [5.41, 5.74) is -0.353. The molecule has 1 amide bonds. The number of halogens is 3. The van der Waals surface area contributed by atoms with Crippen molar-refractivity contribution in [3.05, 3.63) is 29.6 Å². The lowest BCUT2D eigenvalue weighted by Crippen LogP contribution is -2.47. The van der Waals surface area contributed by atoms with Gasteiger partial charge in [0, 0.05) is 6.04 Å². The van der Waals surface area contributed by atoms with Gasteiger partial charge in [-0.05, 0) is 37.8 Å².